The van der Waals surface area contributed by atoms with Crippen LogP contribution in [0.2, 0.25) is 5.02 Å². The number of nitrogens with zero attached hydrogens (tertiary/aromatic N) is 1. The summed E-state index contributed by atoms with van der Waals surface area (Å²) in [6.45, 7) is 1.86. The number of carbonyl (C=O) groups excluding carboxylic acids is 4. The summed E-state index contributed by atoms with van der Waals surface area (Å²) in [5, 5.41) is 11.3. The number of hydrogen-bond acceptors (Lipinski definition) is 6. The molecular formula is C42H33BrClNO6. The molecule has 8 rings (SSSR count). The summed E-state index contributed by atoms with van der Waals surface area (Å²) < 4.78 is 5.95. The van der Waals surface area contributed by atoms with Crippen LogP contribution in [0, 0.1) is 30.6 Å². The molecule has 6 atom stereocenters. The minimum absolute atomic E-state index is 0.0992. The Kier molecular flexibility index (Phi) is 8.15. The van der Waals surface area contributed by atoms with Gasteiger partial charge < -0.3 is 9.84 Å². The van der Waals surface area contributed by atoms with Crippen LogP contribution in [0.1, 0.15) is 41.0 Å². The molecule has 4 aliphatic rings. The minimum Gasteiger partial charge on any atom is -0.503 e. The number of methoxy groups -OCH3 is 1. The lowest BCUT2D eigenvalue weighted by molar-refractivity contribution is -0.135. The fourth-order valence-corrected chi connectivity index (χ4v) is 9.78. The fraction of sp³-hybridized carbons (Fsp3) is 0.238. The van der Waals surface area contributed by atoms with E-state index < -0.39 is 35.0 Å². The van der Waals surface area contributed by atoms with Gasteiger partial charge in [0, 0.05) is 22.4 Å². The quantitative estimate of drug-likeness (QED) is 0.163. The molecule has 1 saturated carbocycles. The van der Waals surface area contributed by atoms with Gasteiger partial charge in [-0.05, 0) is 94.2 Å². The number of ketones is 2. The molecule has 7 nitrogen and oxygen atoms in total. The molecule has 0 bridgehead atoms. The van der Waals surface area contributed by atoms with Crippen LogP contribution >= 0.6 is 27.5 Å². The first-order valence-electron chi connectivity index (χ1n) is 16.9. The topological polar surface area (TPSA) is 101 Å². The summed E-state index contributed by atoms with van der Waals surface area (Å²) in [6, 6.07) is 27.2. The number of hydrogen-bond donors (Lipinski definition) is 1. The number of phenolic OH excluding ortho intramolecular Hbond substituents is 1. The number of phenols is 1. The van der Waals surface area contributed by atoms with Gasteiger partial charge in [-0.15, -0.1) is 0 Å². The molecule has 9 heteroatoms. The lowest BCUT2D eigenvalue weighted by atomic mass is 9.44. The van der Waals surface area contributed by atoms with Crippen molar-refractivity contribution in [2.45, 2.75) is 31.1 Å². The monoisotopic (exact) mass is 761 g/mol. The molecule has 51 heavy (non-hydrogen) atoms. The van der Waals surface area contributed by atoms with Crippen molar-refractivity contribution in [1.29, 1.82) is 0 Å². The lowest BCUT2D eigenvalue weighted by Gasteiger charge is -2.55. The van der Waals surface area contributed by atoms with E-state index in [4.69, 9.17) is 16.3 Å². The number of fused-ring (bicyclic) bond motifs is 4. The normalized spacial score (nSPS) is 27.0. The van der Waals surface area contributed by atoms with Crippen LogP contribution in [0.5, 0.6) is 11.5 Å². The van der Waals surface area contributed by atoms with E-state index in [0.717, 1.165) is 11.1 Å². The second kappa shape index (κ2) is 12.5. The van der Waals surface area contributed by atoms with Crippen LogP contribution in [-0.2, 0) is 24.6 Å². The number of imide groups is 1. The zero-order chi connectivity index (χ0) is 35.8. The summed E-state index contributed by atoms with van der Waals surface area (Å²) in [5.74, 6) is -4.54. The van der Waals surface area contributed by atoms with Crippen molar-refractivity contribution >= 4 is 62.2 Å². The number of allylic oxidation sites excluding steroid dienone is 4. The first-order valence-corrected chi connectivity index (χ1v) is 18.1. The first-order chi connectivity index (χ1) is 24.6. The molecule has 0 spiro atoms. The first kappa shape index (κ1) is 33.4. The van der Waals surface area contributed by atoms with Gasteiger partial charge in [0.15, 0.2) is 23.1 Å². The van der Waals surface area contributed by atoms with Gasteiger partial charge in [-0.3, -0.25) is 19.2 Å². The largest absolute Gasteiger partial charge is 0.503 e. The van der Waals surface area contributed by atoms with Crippen molar-refractivity contribution in [3.63, 3.8) is 0 Å². The molecule has 6 unspecified atom stereocenters. The van der Waals surface area contributed by atoms with Crippen LogP contribution in [0.15, 0.2) is 113 Å². The number of anilines is 1. The zero-order valence-electron chi connectivity index (χ0n) is 27.8. The Morgan fingerprint density at radius 2 is 1.61 bits per heavy atom. The molecule has 4 aromatic carbocycles. The minimum atomic E-state index is -1.40. The van der Waals surface area contributed by atoms with E-state index in [9.17, 15) is 14.7 Å². The average molecular weight is 763 g/mol. The summed E-state index contributed by atoms with van der Waals surface area (Å²) >= 11 is 9.96. The van der Waals surface area contributed by atoms with E-state index in [-0.39, 0.29) is 47.7 Å². The standard InChI is InChI=1S/C42H33BrClNO6/c1-22-13-14-26(19-33(22)44)45-40(49)28-16-15-27-30(36(28)41(45)50)20-31-38(47)29(23-9-5-3-6-10-23)21-35(46)42(31,25-11-7-4-8-12-25)37(27)24-17-32(43)39(48)34(18-24)51-2/h3-15,17-19,21,28,30-31,36-37,48H,16,20H2,1-2H3. The molecule has 3 aliphatic carbocycles. The Bertz CT molecular complexity index is 2220. The Morgan fingerprint density at radius 1 is 0.902 bits per heavy atom. The smallest absolute Gasteiger partial charge is 0.238 e. The highest BCUT2D eigenvalue weighted by atomic mass is 79.9. The third kappa shape index (κ3) is 4.90. The van der Waals surface area contributed by atoms with Crippen molar-refractivity contribution in [1.82, 2.24) is 0 Å². The van der Waals surface area contributed by atoms with Gasteiger partial charge >= 0.3 is 0 Å². The maximum atomic E-state index is 15.2. The highest BCUT2D eigenvalue weighted by Crippen LogP contribution is 2.64. The van der Waals surface area contributed by atoms with Crippen LogP contribution in [-0.4, -0.2) is 35.6 Å². The lowest BCUT2D eigenvalue weighted by Crippen LogP contribution is -2.58. The molecule has 2 amide bonds. The van der Waals surface area contributed by atoms with Gasteiger partial charge in [-0.1, -0.05) is 90.0 Å². The number of rotatable bonds is 5. The van der Waals surface area contributed by atoms with E-state index in [1.54, 1.807) is 30.3 Å². The van der Waals surface area contributed by atoms with Gasteiger partial charge in [-0.2, -0.15) is 0 Å². The summed E-state index contributed by atoms with van der Waals surface area (Å²) in [4.78, 5) is 60.2. The number of Topliss-reactive ketones (excluding diaryl/α,β-unsaturated/α-hetero) is 1. The van der Waals surface area contributed by atoms with Gasteiger partial charge in [0.05, 0.1) is 34.5 Å². The predicted octanol–water partition coefficient (Wildman–Crippen LogP) is 8.15. The Labute approximate surface area is 308 Å². The molecule has 0 aromatic heterocycles. The Hall–Kier alpha value is -4.79. The van der Waals surface area contributed by atoms with E-state index in [2.05, 4.69) is 15.9 Å². The van der Waals surface area contributed by atoms with Crippen LogP contribution in [0.25, 0.3) is 5.57 Å². The van der Waals surface area contributed by atoms with E-state index >= 15 is 9.59 Å². The van der Waals surface area contributed by atoms with Gasteiger partial charge in [0.25, 0.3) is 0 Å². The summed E-state index contributed by atoms with van der Waals surface area (Å²) in [5.41, 5.74) is 2.93. The van der Waals surface area contributed by atoms with Gasteiger partial charge in [0.2, 0.25) is 11.8 Å². The average Bonchev–Trinajstić information content (AvgIpc) is 3.40. The highest BCUT2D eigenvalue weighted by Gasteiger charge is 2.66. The molecule has 1 N–H and O–H groups in total. The summed E-state index contributed by atoms with van der Waals surface area (Å²) in [7, 11) is 1.45. The van der Waals surface area contributed by atoms with E-state index in [1.165, 1.54) is 18.1 Å². The van der Waals surface area contributed by atoms with Crippen LogP contribution in [0.4, 0.5) is 5.69 Å². The van der Waals surface area contributed by atoms with Crippen molar-refractivity contribution in [2.24, 2.45) is 23.7 Å². The van der Waals surface area contributed by atoms with Crippen molar-refractivity contribution in [3.8, 4) is 11.5 Å². The predicted molar refractivity (Wildman–Crippen MR) is 198 cm³/mol. The number of ether oxygens (including phenoxy) is 1. The van der Waals surface area contributed by atoms with Gasteiger partial charge in [-0.25, -0.2) is 4.90 Å². The van der Waals surface area contributed by atoms with Crippen molar-refractivity contribution < 1.29 is 29.0 Å². The Balaban J connectivity index is 1.37. The fourth-order valence-electron chi connectivity index (χ4n) is 9.14. The van der Waals surface area contributed by atoms with Crippen molar-refractivity contribution in [3.05, 3.63) is 140 Å². The van der Waals surface area contributed by atoms with E-state index in [0.29, 0.717) is 37.4 Å². The second-order valence-electron chi connectivity index (χ2n) is 13.8. The Morgan fingerprint density at radius 3 is 2.29 bits per heavy atom. The molecule has 256 valence electrons. The molecule has 1 saturated heterocycles. The van der Waals surface area contributed by atoms with Crippen molar-refractivity contribution in [2.75, 3.05) is 12.0 Å². The number of halogens is 2. The molecule has 2 fully saturated rings. The number of amides is 2. The molecule has 4 aromatic rings. The van der Waals surface area contributed by atoms with Crippen LogP contribution < -0.4 is 9.64 Å². The highest BCUT2D eigenvalue weighted by molar-refractivity contribution is 9.10. The molecule has 1 heterocycles. The molecular weight excluding hydrogens is 730 g/mol. The third-order valence-corrected chi connectivity index (χ3v) is 12.4. The second-order valence-corrected chi connectivity index (χ2v) is 15.0. The zero-order valence-corrected chi connectivity index (χ0v) is 30.1. The number of benzene rings is 4. The SMILES string of the molecule is COc1cc(C2C3=CCC4C(=O)N(c5ccc(C)c(Cl)c5)C(=O)C4C3CC3C(=O)C(c4ccccc4)=CC(=O)C32c2ccccc2)cc(Br)c1O. The maximum Gasteiger partial charge on any atom is 0.238 e. The number of aromatic hydroxyl groups is 1. The summed E-state index contributed by atoms with van der Waals surface area (Å²) in [6.07, 6.45) is 3.97. The maximum absolute atomic E-state index is 15.2. The van der Waals surface area contributed by atoms with E-state index in [1.807, 2.05) is 73.7 Å². The molecule has 0 radical (unpaired) electrons. The van der Waals surface area contributed by atoms with Crippen LogP contribution in [0.3, 0.4) is 0 Å². The molecule has 1 aliphatic heterocycles. The number of carbonyl (C=O) groups is 4. The third-order valence-electron chi connectivity index (χ3n) is 11.4. The number of aryl methyl sites for hydroxylation is 1. The van der Waals surface area contributed by atoms with Gasteiger partial charge in [0.1, 0.15) is 0 Å².